The van der Waals surface area contributed by atoms with Gasteiger partial charge in [-0.05, 0) is 56.6 Å². The van der Waals surface area contributed by atoms with Crippen molar-refractivity contribution in [2.24, 2.45) is 11.7 Å². The molecule has 2 aliphatic rings. The fourth-order valence-electron chi connectivity index (χ4n) is 4.96. The number of aryl methyl sites for hydroxylation is 1. The van der Waals surface area contributed by atoms with Crippen LogP contribution in [0.3, 0.4) is 0 Å². The van der Waals surface area contributed by atoms with Gasteiger partial charge < -0.3 is 16.0 Å². The quantitative estimate of drug-likeness (QED) is 0.643. The van der Waals surface area contributed by atoms with E-state index >= 15 is 0 Å². The van der Waals surface area contributed by atoms with Crippen molar-refractivity contribution >= 4 is 11.8 Å². The van der Waals surface area contributed by atoms with Crippen LogP contribution < -0.4 is 11.1 Å². The third-order valence-electron chi connectivity index (χ3n) is 6.62. The normalized spacial score (nSPS) is 22.8. The van der Waals surface area contributed by atoms with Crippen molar-refractivity contribution in [3.8, 4) is 0 Å². The lowest BCUT2D eigenvalue weighted by atomic mass is 9.82. The van der Waals surface area contributed by atoms with Crippen molar-refractivity contribution in [3.05, 3.63) is 58.9 Å². The minimum atomic E-state index is -1.23. The number of nitrogens with one attached hydrogen (secondary N) is 1. The fourth-order valence-corrected chi connectivity index (χ4v) is 4.96. The Morgan fingerprint density at radius 3 is 2.39 bits per heavy atom. The first kappa shape index (κ1) is 23.2. The van der Waals surface area contributed by atoms with Gasteiger partial charge in [-0.3, -0.25) is 14.6 Å². The number of benzene rings is 1. The average molecular weight is 461 g/mol. The van der Waals surface area contributed by atoms with E-state index in [1.54, 1.807) is 6.92 Å². The number of piperidine rings is 1. The molecule has 4 atom stereocenters. The number of carbonyl (C=O) groups excluding carboxylic acids is 2. The highest BCUT2D eigenvalue weighted by atomic mass is 19.2. The minimum absolute atomic E-state index is 0.0156. The van der Waals surface area contributed by atoms with Gasteiger partial charge in [-0.2, -0.15) is 0 Å². The van der Waals surface area contributed by atoms with E-state index < -0.39 is 29.4 Å². The van der Waals surface area contributed by atoms with Gasteiger partial charge >= 0.3 is 0 Å². The Kier molecular flexibility index (Phi) is 6.64. The SMILES string of the molecule is Cc1cnc(C(=O)NCC(=O)N2[C@@H]3CC[C@H]2CC(C(N)Cc2cc(F)c(F)cc2F)C3)cn1. The Labute approximate surface area is 189 Å². The molecule has 0 aliphatic carbocycles. The molecule has 0 saturated carbocycles. The number of amides is 2. The lowest BCUT2D eigenvalue weighted by Crippen LogP contribution is -2.52. The van der Waals surface area contributed by atoms with Gasteiger partial charge in [0, 0.05) is 30.4 Å². The second kappa shape index (κ2) is 9.46. The second-order valence-corrected chi connectivity index (χ2v) is 8.87. The van der Waals surface area contributed by atoms with Crippen molar-refractivity contribution in [1.82, 2.24) is 20.2 Å². The molecule has 176 valence electrons. The van der Waals surface area contributed by atoms with E-state index in [4.69, 9.17) is 5.73 Å². The molecule has 2 saturated heterocycles. The molecule has 4 rings (SSSR count). The molecule has 2 aromatic rings. The zero-order valence-corrected chi connectivity index (χ0v) is 18.2. The van der Waals surface area contributed by atoms with Crippen LogP contribution in [0.25, 0.3) is 0 Å². The molecule has 2 aliphatic heterocycles. The molecule has 2 bridgehead atoms. The largest absolute Gasteiger partial charge is 0.342 e. The lowest BCUT2D eigenvalue weighted by molar-refractivity contribution is -0.135. The molecule has 33 heavy (non-hydrogen) atoms. The van der Waals surface area contributed by atoms with Crippen molar-refractivity contribution in [2.45, 2.75) is 57.2 Å². The number of nitrogens with two attached hydrogens (primary N) is 1. The molecular weight excluding hydrogens is 435 g/mol. The first-order valence-electron chi connectivity index (χ1n) is 11.0. The van der Waals surface area contributed by atoms with E-state index in [-0.39, 0.29) is 48.1 Å². The van der Waals surface area contributed by atoms with Gasteiger partial charge in [0.2, 0.25) is 5.91 Å². The number of fused-ring (bicyclic) bond motifs is 2. The monoisotopic (exact) mass is 461 g/mol. The number of nitrogens with zero attached hydrogens (tertiary/aromatic N) is 3. The summed E-state index contributed by atoms with van der Waals surface area (Å²) in [5, 5.41) is 2.60. The predicted octanol–water partition coefficient (Wildman–Crippen LogP) is 2.27. The number of hydrogen-bond donors (Lipinski definition) is 2. The zero-order chi connectivity index (χ0) is 23.7. The summed E-state index contributed by atoms with van der Waals surface area (Å²) in [5.41, 5.74) is 7.21. The van der Waals surface area contributed by atoms with Gasteiger partial charge in [0.1, 0.15) is 11.5 Å². The maximum Gasteiger partial charge on any atom is 0.271 e. The van der Waals surface area contributed by atoms with E-state index in [0.717, 1.165) is 18.9 Å². The van der Waals surface area contributed by atoms with Gasteiger partial charge in [0.15, 0.2) is 11.6 Å². The number of carbonyl (C=O) groups is 2. The Hall–Kier alpha value is -3.01. The summed E-state index contributed by atoms with van der Waals surface area (Å²) in [4.78, 5) is 34.9. The minimum Gasteiger partial charge on any atom is -0.342 e. The predicted molar refractivity (Wildman–Crippen MR) is 113 cm³/mol. The third kappa shape index (κ3) is 5.00. The molecule has 0 spiro atoms. The first-order chi connectivity index (χ1) is 15.7. The van der Waals surface area contributed by atoms with Crippen molar-refractivity contribution < 1.29 is 22.8 Å². The summed E-state index contributed by atoms with van der Waals surface area (Å²) in [5.74, 6) is -3.75. The van der Waals surface area contributed by atoms with Gasteiger partial charge in [-0.1, -0.05) is 0 Å². The smallest absolute Gasteiger partial charge is 0.271 e. The van der Waals surface area contributed by atoms with Crippen LogP contribution in [-0.4, -0.2) is 51.4 Å². The van der Waals surface area contributed by atoms with Crippen molar-refractivity contribution in [3.63, 3.8) is 0 Å². The molecule has 2 fully saturated rings. The molecular formula is C23H26F3N5O2. The topological polar surface area (TPSA) is 101 Å². The van der Waals surface area contributed by atoms with Crippen LogP contribution in [0.2, 0.25) is 0 Å². The van der Waals surface area contributed by atoms with Gasteiger partial charge in [-0.15, -0.1) is 0 Å². The second-order valence-electron chi connectivity index (χ2n) is 8.87. The Morgan fingerprint density at radius 1 is 1.09 bits per heavy atom. The third-order valence-corrected chi connectivity index (χ3v) is 6.62. The molecule has 1 aromatic heterocycles. The highest BCUT2D eigenvalue weighted by Gasteiger charge is 2.44. The van der Waals surface area contributed by atoms with Crippen molar-refractivity contribution in [2.75, 3.05) is 6.54 Å². The maximum atomic E-state index is 14.0. The van der Waals surface area contributed by atoms with E-state index in [1.807, 2.05) is 4.90 Å². The molecule has 3 heterocycles. The Bertz CT molecular complexity index is 1040. The van der Waals surface area contributed by atoms with Gasteiger partial charge in [0.25, 0.3) is 5.91 Å². The van der Waals surface area contributed by atoms with Crippen LogP contribution in [0.5, 0.6) is 0 Å². The number of rotatable bonds is 6. The summed E-state index contributed by atoms with van der Waals surface area (Å²) in [7, 11) is 0. The number of halogens is 3. The summed E-state index contributed by atoms with van der Waals surface area (Å²) >= 11 is 0. The highest BCUT2D eigenvalue weighted by Crippen LogP contribution is 2.40. The molecule has 3 N–H and O–H groups in total. The maximum absolute atomic E-state index is 14.0. The summed E-state index contributed by atoms with van der Waals surface area (Å²) in [6.07, 6.45) is 5.89. The molecule has 2 unspecified atom stereocenters. The molecule has 1 aromatic carbocycles. The van der Waals surface area contributed by atoms with E-state index in [2.05, 4.69) is 15.3 Å². The summed E-state index contributed by atoms with van der Waals surface area (Å²) < 4.78 is 40.7. The van der Waals surface area contributed by atoms with Crippen LogP contribution in [0.4, 0.5) is 13.2 Å². The van der Waals surface area contributed by atoms with Crippen LogP contribution in [-0.2, 0) is 11.2 Å². The van der Waals surface area contributed by atoms with Gasteiger partial charge in [-0.25, -0.2) is 18.2 Å². The van der Waals surface area contributed by atoms with Crippen LogP contribution >= 0.6 is 0 Å². The molecule has 10 heteroatoms. The fraction of sp³-hybridized carbons (Fsp3) is 0.478. The van der Waals surface area contributed by atoms with Crippen molar-refractivity contribution in [1.29, 1.82) is 0 Å². The Balaban J connectivity index is 1.34. The van der Waals surface area contributed by atoms with E-state index in [9.17, 15) is 22.8 Å². The highest BCUT2D eigenvalue weighted by molar-refractivity contribution is 5.94. The van der Waals surface area contributed by atoms with Crippen LogP contribution in [0.1, 0.15) is 47.4 Å². The molecule has 2 amide bonds. The summed E-state index contributed by atoms with van der Waals surface area (Å²) in [6.45, 7) is 1.62. The van der Waals surface area contributed by atoms with Crippen LogP contribution in [0.15, 0.2) is 24.5 Å². The van der Waals surface area contributed by atoms with Crippen LogP contribution in [0, 0.1) is 30.3 Å². The van der Waals surface area contributed by atoms with Gasteiger partial charge in [0.05, 0.1) is 18.4 Å². The first-order valence-corrected chi connectivity index (χ1v) is 11.0. The number of aromatic nitrogens is 2. The Morgan fingerprint density at radius 2 is 1.76 bits per heavy atom. The standard InChI is InChI=1S/C23H26F3N5O2/c1-12-9-29-21(10-28-12)23(33)30-11-22(32)31-15-2-3-16(31)5-14(4-15)20(27)7-13-6-18(25)19(26)8-17(13)24/h6,8-10,14-16,20H,2-5,7,11,27H2,1H3,(H,30,33)/t14?,15-,16+,20?. The number of hydrogen-bond acceptors (Lipinski definition) is 5. The zero-order valence-electron chi connectivity index (χ0n) is 18.2. The van der Waals surface area contributed by atoms with E-state index in [0.29, 0.717) is 24.6 Å². The molecule has 0 radical (unpaired) electrons. The molecule has 7 nitrogen and oxygen atoms in total. The average Bonchev–Trinajstić information content (AvgIpc) is 3.05. The lowest BCUT2D eigenvalue weighted by Gasteiger charge is -2.41. The van der Waals surface area contributed by atoms with E-state index in [1.165, 1.54) is 12.4 Å². The summed E-state index contributed by atoms with van der Waals surface area (Å²) in [6, 6.07) is 0.929.